The van der Waals surface area contributed by atoms with Crippen LogP contribution in [0.3, 0.4) is 0 Å². The third kappa shape index (κ3) is 2.13. The zero-order valence-electron chi connectivity index (χ0n) is 9.97. The molecular formula is C12H13NO5. The fourth-order valence-electron chi connectivity index (χ4n) is 2.14. The SMILES string of the molecule is COC(=O)c1cc(OC(=O)C=O)n2c1CCCC2. The molecule has 96 valence electrons. The second kappa shape index (κ2) is 5.03. The van der Waals surface area contributed by atoms with E-state index in [0.29, 0.717) is 12.1 Å². The molecule has 0 bridgehead atoms. The Kier molecular flexibility index (Phi) is 3.45. The molecule has 0 atom stereocenters. The molecule has 18 heavy (non-hydrogen) atoms. The molecule has 0 N–H and O–H groups in total. The van der Waals surface area contributed by atoms with Crippen LogP contribution >= 0.6 is 0 Å². The summed E-state index contributed by atoms with van der Waals surface area (Å²) >= 11 is 0. The molecule has 1 aliphatic heterocycles. The van der Waals surface area contributed by atoms with E-state index in [4.69, 9.17) is 4.74 Å². The van der Waals surface area contributed by atoms with Gasteiger partial charge >= 0.3 is 11.9 Å². The summed E-state index contributed by atoms with van der Waals surface area (Å²) in [7, 11) is 1.30. The van der Waals surface area contributed by atoms with Gasteiger partial charge in [-0.3, -0.25) is 4.79 Å². The summed E-state index contributed by atoms with van der Waals surface area (Å²) in [5.74, 6) is -1.21. The minimum Gasteiger partial charge on any atom is -0.465 e. The van der Waals surface area contributed by atoms with Gasteiger partial charge in [0.25, 0.3) is 0 Å². The first-order valence-corrected chi connectivity index (χ1v) is 5.65. The van der Waals surface area contributed by atoms with Crippen LogP contribution in [0, 0.1) is 0 Å². The number of methoxy groups -OCH3 is 1. The highest BCUT2D eigenvalue weighted by Gasteiger charge is 2.24. The van der Waals surface area contributed by atoms with Gasteiger partial charge in [-0.2, -0.15) is 0 Å². The summed E-state index contributed by atoms with van der Waals surface area (Å²) < 4.78 is 11.3. The highest BCUT2D eigenvalue weighted by atomic mass is 16.5. The number of nitrogens with zero attached hydrogens (tertiary/aromatic N) is 1. The number of carbonyl (C=O) groups excluding carboxylic acids is 3. The Bertz CT molecular complexity index is 503. The maximum atomic E-state index is 11.6. The molecule has 2 heterocycles. The van der Waals surface area contributed by atoms with Gasteiger partial charge in [0.2, 0.25) is 12.2 Å². The second-order valence-corrected chi connectivity index (χ2v) is 3.98. The smallest absolute Gasteiger partial charge is 0.377 e. The van der Waals surface area contributed by atoms with E-state index in [-0.39, 0.29) is 12.2 Å². The van der Waals surface area contributed by atoms with Crippen molar-refractivity contribution in [2.24, 2.45) is 0 Å². The topological polar surface area (TPSA) is 74.6 Å². The predicted molar refractivity (Wildman–Crippen MR) is 60.4 cm³/mol. The fourth-order valence-corrected chi connectivity index (χ4v) is 2.14. The van der Waals surface area contributed by atoms with Gasteiger partial charge in [0.1, 0.15) is 0 Å². The van der Waals surface area contributed by atoms with E-state index >= 15 is 0 Å². The molecule has 2 rings (SSSR count). The van der Waals surface area contributed by atoms with Crippen molar-refractivity contribution >= 4 is 18.2 Å². The lowest BCUT2D eigenvalue weighted by Crippen LogP contribution is -2.16. The van der Waals surface area contributed by atoms with Gasteiger partial charge in [-0.25, -0.2) is 9.59 Å². The standard InChI is InChI=1S/C12H13NO5/c1-17-12(16)8-6-10(18-11(15)7-14)13-5-3-2-4-9(8)13/h6-7H,2-5H2,1H3. The van der Waals surface area contributed by atoms with E-state index in [1.165, 1.54) is 13.2 Å². The summed E-state index contributed by atoms with van der Waals surface area (Å²) in [5, 5.41) is 0. The zero-order valence-corrected chi connectivity index (χ0v) is 9.97. The zero-order chi connectivity index (χ0) is 13.1. The van der Waals surface area contributed by atoms with Crippen LogP contribution in [0.2, 0.25) is 0 Å². The van der Waals surface area contributed by atoms with Crippen LogP contribution in [-0.4, -0.2) is 29.9 Å². The first-order chi connectivity index (χ1) is 8.67. The largest absolute Gasteiger partial charge is 0.465 e. The number of ether oxygens (including phenoxy) is 2. The number of fused-ring (bicyclic) bond motifs is 1. The van der Waals surface area contributed by atoms with E-state index in [1.807, 2.05) is 0 Å². The maximum Gasteiger partial charge on any atom is 0.377 e. The van der Waals surface area contributed by atoms with Crippen LogP contribution in [0.1, 0.15) is 28.9 Å². The van der Waals surface area contributed by atoms with Crippen LogP contribution in [0.5, 0.6) is 5.88 Å². The number of rotatable bonds is 3. The van der Waals surface area contributed by atoms with Crippen molar-refractivity contribution in [2.45, 2.75) is 25.8 Å². The molecule has 0 spiro atoms. The molecule has 6 heteroatoms. The quantitative estimate of drug-likeness (QED) is 0.449. The van der Waals surface area contributed by atoms with Gasteiger partial charge in [-0.1, -0.05) is 0 Å². The van der Waals surface area contributed by atoms with E-state index < -0.39 is 11.9 Å². The van der Waals surface area contributed by atoms with E-state index in [2.05, 4.69) is 4.74 Å². The lowest BCUT2D eigenvalue weighted by atomic mass is 10.1. The Balaban J connectivity index is 2.41. The van der Waals surface area contributed by atoms with E-state index in [1.54, 1.807) is 4.57 Å². The van der Waals surface area contributed by atoms with Crippen LogP contribution < -0.4 is 4.74 Å². The van der Waals surface area contributed by atoms with Crippen LogP contribution in [0.4, 0.5) is 0 Å². The summed E-state index contributed by atoms with van der Waals surface area (Å²) in [6, 6.07) is 1.45. The molecule has 0 saturated carbocycles. The van der Waals surface area contributed by atoms with Crippen LogP contribution in [0.15, 0.2) is 6.07 Å². The molecule has 0 amide bonds. The molecule has 0 fully saturated rings. The van der Waals surface area contributed by atoms with Gasteiger partial charge in [-0.05, 0) is 19.3 Å². The van der Waals surface area contributed by atoms with Gasteiger partial charge in [0.15, 0.2) is 0 Å². The minimum absolute atomic E-state index is 0.0978. The van der Waals surface area contributed by atoms with Crippen LogP contribution in [-0.2, 0) is 27.3 Å². The monoisotopic (exact) mass is 251 g/mol. The predicted octanol–water partition coefficient (Wildman–Crippen LogP) is 0.715. The Morgan fingerprint density at radius 2 is 2.17 bits per heavy atom. The van der Waals surface area contributed by atoms with Gasteiger partial charge in [0.05, 0.1) is 12.7 Å². The molecule has 0 aliphatic carbocycles. The fraction of sp³-hybridized carbons (Fsp3) is 0.417. The van der Waals surface area contributed by atoms with Gasteiger partial charge < -0.3 is 14.0 Å². The van der Waals surface area contributed by atoms with Crippen molar-refractivity contribution in [1.82, 2.24) is 4.57 Å². The lowest BCUT2D eigenvalue weighted by Gasteiger charge is -2.17. The first-order valence-electron chi connectivity index (χ1n) is 5.65. The van der Waals surface area contributed by atoms with E-state index in [9.17, 15) is 14.4 Å². The summed E-state index contributed by atoms with van der Waals surface area (Å²) in [6.45, 7) is 0.661. The highest BCUT2D eigenvalue weighted by molar-refractivity contribution is 6.21. The number of hydrogen-bond donors (Lipinski definition) is 0. The van der Waals surface area contributed by atoms with E-state index in [0.717, 1.165) is 25.0 Å². The third-order valence-corrected chi connectivity index (χ3v) is 2.92. The molecule has 1 aliphatic rings. The maximum absolute atomic E-state index is 11.6. The minimum atomic E-state index is -0.975. The van der Waals surface area contributed by atoms with Gasteiger partial charge in [-0.15, -0.1) is 0 Å². The Morgan fingerprint density at radius 3 is 2.83 bits per heavy atom. The third-order valence-electron chi connectivity index (χ3n) is 2.92. The first kappa shape index (κ1) is 12.3. The molecule has 0 radical (unpaired) electrons. The molecule has 0 aromatic carbocycles. The number of hydrogen-bond acceptors (Lipinski definition) is 5. The number of aromatic nitrogens is 1. The molecule has 1 aromatic rings. The van der Waals surface area contributed by atoms with Gasteiger partial charge in [0, 0.05) is 18.3 Å². The number of esters is 2. The second-order valence-electron chi connectivity index (χ2n) is 3.98. The summed E-state index contributed by atoms with van der Waals surface area (Å²) in [5.41, 5.74) is 1.19. The average Bonchev–Trinajstić information content (AvgIpc) is 2.77. The molecule has 6 nitrogen and oxygen atoms in total. The Morgan fingerprint density at radius 1 is 1.39 bits per heavy atom. The van der Waals surface area contributed by atoms with Crippen molar-refractivity contribution < 1.29 is 23.9 Å². The summed E-state index contributed by atoms with van der Waals surface area (Å²) in [6.07, 6.45) is 2.73. The molecular weight excluding hydrogens is 238 g/mol. The average molecular weight is 251 g/mol. The van der Waals surface area contributed by atoms with Crippen LogP contribution in [0.25, 0.3) is 0 Å². The van der Waals surface area contributed by atoms with Crippen molar-refractivity contribution in [3.05, 3.63) is 17.3 Å². The number of carbonyl (C=O) groups is 3. The Hall–Kier alpha value is -2.11. The van der Waals surface area contributed by atoms with Crippen molar-refractivity contribution in [1.29, 1.82) is 0 Å². The molecule has 1 aromatic heterocycles. The lowest BCUT2D eigenvalue weighted by molar-refractivity contribution is -0.141. The highest BCUT2D eigenvalue weighted by Crippen LogP contribution is 2.28. The van der Waals surface area contributed by atoms with Crippen molar-refractivity contribution in [2.75, 3.05) is 7.11 Å². The van der Waals surface area contributed by atoms with Crippen molar-refractivity contribution in [3.8, 4) is 5.88 Å². The molecule has 0 saturated heterocycles. The van der Waals surface area contributed by atoms with Crippen molar-refractivity contribution in [3.63, 3.8) is 0 Å². The Labute approximate surface area is 103 Å². The summed E-state index contributed by atoms with van der Waals surface area (Å²) in [4.78, 5) is 32.9. The normalized spacial score (nSPS) is 13.6. The number of aldehydes is 1. The molecule has 0 unspecified atom stereocenters.